The average molecular weight is 370 g/mol. The van der Waals surface area contributed by atoms with E-state index in [0.29, 0.717) is 13.1 Å². The monoisotopic (exact) mass is 370 g/mol. The Morgan fingerprint density at radius 1 is 1.07 bits per heavy atom. The van der Waals surface area contributed by atoms with Gasteiger partial charge in [0.15, 0.2) is 0 Å². The zero-order valence-corrected chi connectivity index (χ0v) is 14.7. The number of benzene rings is 2. The Labute approximate surface area is 156 Å². The van der Waals surface area contributed by atoms with Crippen LogP contribution in [-0.4, -0.2) is 36.1 Å². The van der Waals surface area contributed by atoms with E-state index in [2.05, 4.69) is 24.3 Å². The predicted molar refractivity (Wildman–Crippen MR) is 99.8 cm³/mol. The minimum atomic E-state index is -0.975. The fourth-order valence-corrected chi connectivity index (χ4v) is 3.00. The van der Waals surface area contributed by atoms with E-state index in [1.807, 2.05) is 24.3 Å². The lowest BCUT2D eigenvalue weighted by molar-refractivity contribution is -0.137. The molecule has 5 N–H and O–H groups in total. The van der Waals surface area contributed by atoms with Crippen LogP contribution in [0.25, 0.3) is 11.1 Å². The van der Waals surface area contributed by atoms with Crippen molar-refractivity contribution in [1.82, 2.24) is 0 Å². The molecule has 0 radical (unpaired) electrons. The van der Waals surface area contributed by atoms with Crippen molar-refractivity contribution in [3.63, 3.8) is 0 Å². The van der Waals surface area contributed by atoms with Crippen molar-refractivity contribution in [1.29, 1.82) is 0 Å². The minimum Gasteiger partial charge on any atom is -0.481 e. The number of amides is 1. The van der Waals surface area contributed by atoms with Gasteiger partial charge in [0.25, 0.3) is 6.47 Å². The summed E-state index contributed by atoms with van der Waals surface area (Å²) >= 11 is 0. The van der Waals surface area contributed by atoms with Crippen LogP contribution in [0, 0.1) is 0 Å². The molecule has 2 aromatic carbocycles. The number of hydrogen-bond donors (Lipinski definition) is 3. The maximum absolute atomic E-state index is 10.4. The summed E-state index contributed by atoms with van der Waals surface area (Å²) < 4.78 is 4.95. The quantitative estimate of drug-likeness (QED) is 0.635. The van der Waals surface area contributed by atoms with Crippen LogP contribution in [-0.2, 0) is 19.1 Å². The molecule has 3 rings (SSSR count). The lowest BCUT2D eigenvalue weighted by Gasteiger charge is -2.11. The number of ether oxygens (including phenoxy) is 1. The second-order valence-corrected chi connectivity index (χ2v) is 6.10. The normalized spacial score (nSPS) is 12.8. The molecule has 0 fully saturated rings. The Morgan fingerprint density at radius 2 is 1.59 bits per heavy atom. The first-order valence-corrected chi connectivity index (χ1v) is 8.45. The molecule has 7 nitrogen and oxygen atoms in total. The van der Waals surface area contributed by atoms with E-state index in [9.17, 15) is 14.4 Å². The maximum Gasteiger partial charge on any atom is 0.303 e. The molecule has 7 heteroatoms. The van der Waals surface area contributed by atoms with Crippen LogP contribution in [0.3, 0.4) is 0 Å². The van der Waals surface area contributed by atoms with E-state index < -0.39 is 17.9 Å². The number of aliphatic carboxylic acids is 1. The maximum atomic E-state index is 10.4. The Balaban J connectivity index is 0.000000227. The van der Waals surface area contributed by atoms with Crippen molar-refractivity contribution in [2.45, 2.75) is 24.8 Å². The lowest BCUT2D eigenvalue weighted by Crippen LogP contribution is -2.36. The van der Waals surface area contributed by atoms with Crippen LogP contribution in [0.1, 0.15) is 29.9 Å². The highest BCUT2D eigenvalue weighted by Gasteiger charge is 2.28. The number of fused-ring (bicyclic) bond motifs is 3. The number of carbonyl (C=O) groups excluding carboxylic acids is 2. The summed E-state index contributed by atoms with van der Waals surface area (Å²) in [6.45, 7) is 0.932. The highest BCUT2D eigenvalue weighted by molar-refractivity contribution is 5.80. The second-order valence-electron chi connectivity index (χ2n) is 6.10. The minimum absolute atomic E-state index is 0.102. The number of primary amides is 1. The van der Waals surface area contributed by atoms with E-state index >= 15 is 0 Å². The molecule has 0 bridgehead atoms. The summed E-state index contributed by atoms with van der Waals surface area (Å²) in [7, 11) is 0. The van der Waals surface area contributed by atoms with Gasteiger partial charge >= 0.3 is 5.97 Å². The number of nitrogens with two attached hydrogens (primary N) is 2. The van der Waals surface area contributed by atoms with Gasteiger partial charge in [-0.2, -0.15) is 0 Å². The van der Waals surface area contributed by atoms with Crippen LogP contribution >= 0.6 is 0 Å². The van der Waals surface area contributed by atoms with Gasteiger partial charge in [-0.1, -0.05) is 48.5 Å². The molecule has 0 saturated heterocycles. The molecule has 0 aliphatic heterocycles. The predicted octanol–water partition coefficient (Wildman–Crippen LogP) is 1.64. The molecular formula is C20H22N2O5. The van der Waals surface area contributed by atoms with Gasteiger partial charge in [-0.15, -0.1) is 0 Å². The van der Waals surface area contributed by atoms with Crippen molar-refractivity contribution in [2.75, 3.05) is 6.61 Å². The van der Waals surface area contributed by atoms with Crippen LogP contribution in [0.4, 0.5) is 0 Å². The summed E-state index contributed by atoms with van der Waals surface area (Å²) in [5.74, 6) is -1.47. The number of carboxylic acid groups (broad SMARTS) is 1. The molecule has 0 saturated carbocycles. The van der Waals surface area contributed by atoms with E-state index in [1.54, 1.807) is 0 Å². The topological polar surface area (TPSA) is 133 Å². The molecule has 1 aliphatic carbocycles. The molecule has 0 spiro atoms. The Hall–Kier alpha value is -3.19. The van der Waals surface area contributed by atoms with Crippen molar-refractivity contribution in [2.24, 2.45) is 11.5 Å². The standard InChI is InChI=1S/C15H12O2.C5H10N2O3/c16-10-17-9-15-13-7-3-1-5-11(13)12-6-2-4-8-14(12)15;6-3(5(7)10)1-2-4(8)9/h1-8,10,15H,9H2;3H,1-2,6H2,(H2,7,10)(H,8,9)/t;3-/m.1/s1. The molecule has 142 valence electrons. The largest absolute Gasteiger partial charge is 0.481 e. The van der Waals surface area contributed by atoms with Crippen LogP contribution in [0.15, 0.2) is 48.5 Å². The molecular weight excluding hydrogens is 348 g/mol. The molecule has 1 amide bonds. The summed E-state index contributed by atoms with van der Waals surface area (Å²) in [5.41, 5.74) is 14.9. The van der Waals surface area contributed by atoms with Crippen molar-refractivity contribution in [3.8, 4) is 11.1 Å². The van der Waals surface area contributed by atoms with Gasteiger partial charge in [0, 0.05) is 12.3 Å². The molecule has 2 aromatic rings. The van der Waals surface area contributed by atoms with Gasteiger partial charge in [0.05, 0.1) is 6.04 Å². The third-order valence-electron chi connectivity index (χ3n) is 4.33. The average Bonchev–Trinajstić information content (AvgIpc) is 2.99. The van der Waals surface area contributed by atoms with Crippen LogP contribution in [0.2, 0.25) is 0 Å². The summed E-state index contributed by atoms with van der Waals surface area (Å²) in [6.07, 6.45) is -0.0191. The molecule has 0 aromatic heterocycles. The van der Waals surface area contributed by atoms with Crippen molar-refractivity contribution < 1.29 is 24.2 Å². The Bertz CT molecular complexity index is 776. The smallest absolute Gasteiger partial charge is 0.303 e. The SMILES string of the molecule is NC(=O)[C@H](N)CCC(=O)O.O=COCC1c2ccccc2-c2ccccc21. The molecule has 27 heavy (non-hydrogen) atoms. The Kier molecular flexibility index (Phi) is 7.08. The van der Waals surface area contributed by atoms with E-state index in [1.165, 1.54) is 22.3 Å². The van der Waals surface area contributed by atoms with Crippen molar-refractivity contribution in [3.05, 3.63) is 59.7 Å². The van der Waals surface area contributed by atoms with Crippen molar-refractivity contribution >= 4 is 18.3 Å². The molecule has 0 unspecified atom stereocenters. The van der Waals surface area contributed by atoms with Gasteiger partial charge in [0.2, 0.25) is 5.91 Å². The highest BCUT2D eigenvalue weighted by atomic mass is 16.5. The first kappa shape index (κ1) is 20.1. The third kappa shape index (κ3) is 5.15. The second kappa shape index (κ2) is 9.49. The summed E-state index contributed by atoms with van der Waals surface area (Å²) in [6, 6.07) is 15.7. The van der Waals surface area contributed by atoms with Crippen LogP contribution in [0.5, 0.6) is 0 Å². The van der Waals surface area contributed by atoms with E-state index in [4.69, 9.17) is 21.3 Å². The number of carbonyl (C=O) groups is 3. The van der Waals surface area contributed by atoms with Gasteiger partial charge in [0.1, 0.15) is 6.61 Å². The summed E-state index contributed by atoms with van der Waals surface area (Å²) in [5, 5.41) is 8.14. The molecule has 1 atom stereocenters. The fraction of sp³-hybridized carbons (Fsp3) is 0.250. The molecule has 1 aliphatic rings. The van der Waals surface area contributed by atoms with E-state index in [-0.39, 0.29) is 18.8 Å². The fourth-order valence-electron chi connectivity index (χ4n) is 3.00. The Morgan fingerprint density at radius 3 is 2.04 bits per heavy atom. The summed E-state index contributed by atoms with van der Waals surface area (Å²) in [4.78, 5) is 30.5. The first-order valence-electron chi connectivity index (χ1n) is 8.45. The van der Waals surface area contributed by atoms with Gasteiger partial charge in [-0.3, -0.25) is 14.4 Å². The number of hydrogen-bond acceptors (Lipinski definition) is 5. The zero-order chi connectivity index (χ0) is 19.8. The zero-order valence-electron chi connectivity index (χ0n) is 14.7. The van der Waals surface area contributed by atoms with E-state index in [0.717, 1.165) is 0 Å². The first-order chi connectivity index (χ1) is 13.0. The van der Waals surface area contributed by atoms with Gasteiger partial charge < -0.3 is 21.3 Å². The number of carboxylic acids is 1. The van der Waals surface area contributed by atoms with Gasteiger partial charge in [-0.25, -0.2) is 0 Å². The third-order valence-corrected chi connectivity index (χ3v) is 4.33. The number of rotatable bonds is 7. The lowest BCUT2D eigenvalue weighted by atomic mass is 9.98. The van der Waals surface area contributed by atoms with Crippen LogP contribution < -0.4 is 11.5 Å². The van der Waals surface area contributed by atoms with Gasteiger partial charge in [-0.05, 0) is 28.7 Å². The highest BCUT2D eigenvalue weighted by Crippen LogP contribution is 2.44. The molecule has 0 heterocycles.